The van der Waals surface area contributed by atoms with Crippen molar-refractivity contribution in [2.24, 2.45) is 0 Å². The lowest BCUT2D eigenvalue weighted by Crippen LogP contribution is -2.43. The van der Waals surface area contributed by atoms with Crippen molar-refractivity contribution in [1.29, 1.82) is 0 Å². The van der Waals surface area contributed by atoms with Crippen molar-refractivity contribution in [3.05, 3.63) is 95.7 Å². The molecule has 0 saturated carbocycles. The Balaban J connectivity index is 1.29. The first-order valence-corrected chi connectivity index (χ1v) is 12.8. The summed E-state index contributed by atoms with van der Waals surface area (Å²) in [5, 5.41) is 13.1. The van der Waals surface area contributed by atoms with Crippen molar-refractivity contribution in [2.75, 3.05) is 6.61 Å². The van der Waals surface area contributed by atoms with Crippen LogP contribution in [0.3, 0.4) is 0 Å². The lowest BCUT2D eigenvalue weighted by molar-refractivity contribution is -0.139. The molecule has 1 unspecified atom stereocenters. The van der Waals surface area contributed by atoms with Crippen LogP contribution in [0.25, 0.3) is 22.0 Å². The molecule has 3 aromatic carbocycles. The summed E-state index contributed by atoms with van der Waals surface area (Å²) in [5.74, 6) is -1.32. The van der Waals surface area contributed by atoms with Crippen molar-refractivity contribution in [3.8, 4) is 11.1 Å². The Morgan fingerprint density at radius 2 is 1.56 bits per heavy atom. The SMILES string of the molecule is CC(C)(C)OC(=O)n1ccc2c(CC(NC(=O)OCC3c4ccccc4-c4ccccc43)C(=O)O)cccc21. The molecule has 2 N–H and O–H groups in total. The number of benzene rings is 3. The summed E-state index contributed by atoms with van der Waals surface area (Å²) < 4.78 is 12.4. The van der Waals surface area contributed by atoms with E-state index in [1.165, 1.54) is 4.57 Å². The third-order valence-corrected chi connectivity index (χ3v) is 6.77. The highest BCUT2D eigenvalue weighted by Crippen LogP contribution is 2.44. The quantitative estimate of drug-likeness (QED) is 0.321. The maximum Gasteiger partial charge on any atom is 0.418 e. The Morgan fingerprint density at radius 3 is 2.18 bits per heavy atom. The minimum atomic E-state index is -1.23. The summed E-state index contributed by atoms with van der Waals surface area (Å²) in [7, 11) is 0. The summed E-state index contributed by atoms with van der Waals surface area (Å²) in [4.78, 5) is 37.5. The molecule has 0 spiro atoms. The second kappa shape index (κ2) is 10.3. The van der Waals surface area contributed by atoms with Gasteiger partial charge in [0.15, 0.2) is 0 Å². The van der Waals surface area contributed by atoms with Crippen LogP contribution in [-0.4, -0.2) is 46.1 Å². The van der Waals surface area contributed by atoms with Gasteiger partial charge in [-0.2, -0.15) is 0 Å². The highest BCUT2D eigenvalue weighted by molar-refractivity contribution is 5.92. The van der Waals surface area contributed by atoms with Crippen LogP contribution in [0.2, 0.25) is 0 Å². The van der Waals surface area contributed by atoms with Gasteiger partial charge in [-0.3, -0.25) is 4.57 Å². The van der Waals surface area contributed by atoms with Crippen LogP contribution in [0.4, 0.5) is 9.59 Å². The number of amides is 1. The van der Waals surface area contributed by atoms with Crippen molar-refractivity contribution in [3.63, 3.8) is 0 Å². The lowest BCUT2D eigenvalue weighted by atomic mass is 9.98. The van der Waals surface area contributed by atoms with E-state index in [-0.39, 0.29) is 18.9 Å². The number of ether oxygens (including phenoxy) is 2. The summed E-state index contributed by atoms with van der Waals surface area (Å²) >= 11 is 0. The molecule has 0 saturated heterocycles. The van der Waals surface area contributed by atoms with Crippen LogP contribution in [0.15, 0.2) is 79.0 Å². The second-order valence-corrected chi connectivity index (χ2v) is 10.6. The number of carbonyl (C=O) groups excluding carboxylic acids is 2. The molecule has 1 amide bonds. The maximum absolute atomic E-state index is 12.8. The molecule has 200 valence electrons. The minimum absolute atomic E-state index is 0.00913. The Hall–Kier alpha value is -4.59. The molecule has 5 rings (SSSR count). The third-order valence-electron chi connectivity index (χ3n) is 6.77. The first-order chi connectivity index (χ1) is 18.6. The first kappa shape index (κ1) is 26.0. The summed E-state index contributed by atoms with van der Waals surface area (Å²) in [5.41, 5.74) is 4.96. The Morgan fingerprint density at radius 1 is 0.923 bits per heavy atom. The zero-order chi connectivity index (χ0) is 27.7. The summed E-state index contributed by atoms with van der Waals surface area (Å²) in [6.45, 7) is 5.44. The summed E-state index contributed by atoms with van der Waals surface area (Å²) in [6, 6.07) is 21.8. The van der Waals surface area contributed by atoms with E-state index < -0.39 is 29.8 Å². The molecule has 0 aliphatic heterocycles. The zero-order valence-corrected chi connectivity index (χ0v) is 22.0. The van der Waals surface area contributed by atoms with Crippen LogP contribution in [0.5, 0.6) is 0 Å². The van der Waals surface area contributed by atoms with Crippen LogP contribution in [0, 0.1) is 0 Å². The average molecular weight is 527 g/mol. The van der Waals surface area contributed by atoms with Crippen molar-refractivity contribution < 1.29 is 29.0 Å². The number of alkyl carbamates (subject to hydrolysis) is 1. The van der Waals surface area contributed by atoms with Gasteiger partial charge >= 0.3 is 18.2 Å². The number of hydrogen-bond donors (Lipinski definition) is 2. The molecule has 0 bridgehead atoms. The third kappa shape index (κ3) is 5.36. The number of nitrogens with zero attached hydrogens (tertiary/aromatic N) is 1. The van der Waals surface area contributed by atoms with Crippen molar-refractivity contribution >= 4 is 29.1 Å². The molecular weight excluding hydrogens is 496 g/mol. The maximum atomic E-state index is 12.8. The van der Waals surface area contributed by atoms with Crippen molar-refractivity contribution in [2.45, 2.75) is 44.8 Å². The van der Waals surface area contributed by atoms with Crippen LogP contribution >= 0.6 is 0 Å². The van der Waals surface area contributed by atoms with Gasteiger partial charge in [-0.25, -0.2) is 14.4 Å². The number of carboxylic acids is 1. The van der Waals surface area contributed by atoms with E-state index >= 15 is 0 Å². The topological polar surface area (TPSA) is 107 Å². The average Bonchev–Trinajstić information content (AvgIpc) is 3.46. The smallest absolute Gasteiger partial charge is 0.418 e. The molecule has 1 aliphatic rings. The van der Waals surface area contributed by atoms with Crippen LogP contribution in [-0.2, 0) is 20.7 Å². The van der Waals surface area contributed by atoms with Crippen LogP contribution in [0.1, 0.15) is 43.4 Å². The number of hydrogen-bond acceptors (Lipinski definition) is 5. The molecule has 1 aliphatic carbocycles. The largest absolute Gasteiger partial charge is 0.480 e. The second-order valence-electron chi connectivity index (χ2n) is 10.6. The van der Waals surface area contributed by atoms with E-state index in [9.17, 15) is 19.5 Å². The molecule has 8 heteroatoms. The van der Waals surface area contributed by atoms with E-state index in [1.54, 1.807) is 51.2 Å². The van der Waals surface area contributed by atoms with Gasteiger partial charge in [0.2, 0.25) is 0 Å². The molecule has 0 radical (unpaired) electrons. The predicted molar refractivity (Wildman–Crippen MR) is 147 cm³/mol. The lowest BCUT2D eigenvalue weighted by Gasteiger charge is -2.20. The molecule has 8 nitrogen and oxygen atoms in total. The number of aliphatic carboxylic acids is 1. The zero-order valence-electron chi connectivity index (χ0n) is 22.0. The first-order valence-electron chi connectivity index (χ1n) is 12.8. The van der Waals surface area contributed by atoms with E-state index in [0.717, 1.165) is 22.3 Å². The van der Waals surface area contributed by atoms with E-state index in [0.29, 0.717) is 16.5 Å². The van der Waals surface area contributed by atoms with Crippen molar-refractivity contribution in [1.82, 2.24) is 9.88 Å². The number of fused-ring (bicyclic) bond motifs is 4. The predicted octanol–water partition coefficient (Wildman–Crippen LogP) is 5.96. The van der Waals surface area contributed by atoms with Gasteiger partial charge in [0, 0.05) is 23.9 Å². The fraction of sp³-hybridized carbons (Fsp3) is 0.258. The van der Waals surface area contributed by atoms with Gasteiger partial charge in [0.25, 0.3) is 0 Å². The van der Waals surface area contributed by atoms with Gasteiger partial charge in [-0.1, -0.05) is 60.7 Å². The normalized spacial score (nSPS) is 13.4. The number of rotatable bonds is 6. The number of carbonyl (C=O) groups is 3. The van der Waals surface area contributed by atoms with E-state index in [2.05, 4.69) is 5.32 Å². The highest BCUT2D eigenvalue weighted by Gasteiger charge is 2.30. The molecule has 1 aromatic heterocycles. The summed E-state index contributed by atoms with van der Waals surface area (Å²) in [6.07, 6.45) is 0.274. The van der Waals surface area contributed by atoms with Crippen LogP contribution < -0.4 is 5.32 Å². The molecule has 4 aromatic rings. The van der Waals surface area contributed by atoms with Gasteiger partial charge in [-0.05, 0) is 60.7 Å². The number of carboxylic acid groups (broad SMARTS) is 1. The minimum Gasteiger partial charge on any atom is -0.480 e. The van der Waals surface area contributed by atoms with E-state index in [1.807, 2.05) is 48.5 Å². The van der Waals surface area contributed by atoms with Gasteiger partial charge < -0.3 is 19.9 Å². The molecule has 1 atom stereocenters. The number of nitrogens with one attached hydrogen (secondary N) is 1. The van der Waals surface area contributed by atoms with Gasteiger partial charge in [-0.15, -0.1) is 0 Å². The molecular formula is C31H30N2O6. The van der Waals surface area contributed by atoms with Gasteiger partial charge in [0.05, 0.1) is 5.52 Å². The Labute approximate surface area is 226 Å². The Bertz CT molecular complexity index is 1520. The fourth-order valence-electron chi connectivity index (χ4n) is 5.08. The molecule has 39 heavy (non-hydrogen) atoms. The van der Waals surface area contributed by atoms with Gasteiger partial charge in [0.1, 0.15) is 18.2 Å². The fourth-order valence-corrected chi connectivity index (χ4v) is 5.08. The molecule has 0 fully saturated rings. The highest BCUT2D eigenvalue weighted by atomic mass is 16.6. The molecule has 1 heterocycles. The van der Waals surface area contributed by atoms with E-state index in [4.69, 9.17) is 9.47 Å². The standard InChI is InChI=1S/C31H30N2O6/c1-31(2,3)39-30(37)33-16-15-20-19(9-8-14-27(20)33)17-26(28(34)35)32-29(36)38-18-25-23-12-6-4-10-21(23)22-11-5-7-13-24(22)25/h4-16,25-26H,17-18H2,1-3H3,(H,32,36)(H,34,35). The number of aromatic nitrogens is 1. The Kier molecular flexibility index (Phi) is 6.87. The monoisotopic (exact) mass is 526 g/mol.